The molecule has 0 saturated heterocycles. The average Bonchev–Trinajstić information content (AvgIpc) is 2.21. The number of nitrogens with one attached hydrogen (secondary N) is 1. The first-order valence-electron chi connectivity index (χ1n) is 4.81. The van der Waals surface area contributed by atoms with Gasteiger partial charge in [-0.05, 0) is 37.6 Å². The van der Waals surface area contributed by atoms with Crippen LogP contribution in [0.5, 0.6) is 0 Å². The number of aliphatic hydroxyl groups is 1. The molecule has 78 valence electrons. The van der Waals surface area contributed by atoms with E-state index in [9.17, 15) is 4.39 Å². The zero-order valence-electron chi connectivity index (χ0n) is 8.33. The molecule has 2 nitrogen and oxygen atoms in total. The van der Waals surface area contributed by atoms with E-state index in [2.05, 4.69) is 5.32 Å². The molecule has 0 bridgehead atoms. The van der Waals surface area contributed by atoms with E-state index in [1.807, 2.05) is 6.92 Å². The minimum atomic E-state index is -0.203. The lowest BCUT2D eigenvalue weighted by Gasteiger charge is -2.09. The number of hydrogen-bond donors (Lipinski definition) is 2. The van der Waals surface area contributed by atoms with Gasteiger partial charge in [0.05, 0.1) is 6.61 Å². The van der Waals surface area contributed by atoms with Crippen LogP contribution in [0.2, 0.25) is 0 Å². The first-order chi connectivity index (χ1) is 6.72. The van der Waals surface area contributed by atoms with Gasteiger partial charge in [-0.15, -0.1) is 0 Å². The molecule has 1 unspecified atom stereocenters. The van der Waals surface area contributed by atoms with Crippen LogP contribution >= 0.6 is 0 Å². The molecule has 0 radical (unpaired) electrons. The Bertz CT molecular complexity index is 260. The second-order valence-electron chi connectivity index (χ2n) is 3.41. The van der Waals surface area contributed by atoms with E-state index in [0.29, 0.717) is 0 Å². The van der Waals surface area contributed by atoms with Crippen LogP contribution in [0.1, 0.15) is 12.5 Å². The van der Waals surface area contributed by atoms with Crippen LogP contribution in [0.25, 0.3) is 0 Å². The van der Waals surface area contributed by atoms with E-state index in [4.69, 9.17) is 5.11 Å². The van der Waals surface area contributed by atoms with Crippen LogP contribution in [-0.4, -0.2) is 24.3 Å². The molecule has 0 aliphatic rings. The molecular formula is C11H16FNO. The Morgan fingerprint density at radius 1 is 1.36 bits per heavy atom. The van der Waals surface area contributed by atoms with Crippen molar-refractivity contribution in [3.8, 4) is 0 Å². The van der Waals surface area contributed by atoms with E-state index in [-0.39, 0.29) is 18.5 Å². The summed E-state index contributed by atoms with van der Waals surface area (Å²) in [6, 6.07) is 6.60. The Balaban J connectivity index is 2.28. The first-order valence-corrected chi connectivity index (χ1v) is 4.81. The van der Waals surface area contributed by atoms with E-state index in [0.717, 1.165) is 18.5 Å². The smallest absolute Gasteiger partial charge is 0.123 e. The second-order valence-corrected chi connectivity index (χ2v) is 3.41. The minimum Gasteiger partial charge on any atom is -0.395 e. The van der Waals surface area contributed by atoms with Gasteiger partial charge in [0, 0.05) is 6.04 Å². The summed E-state index contributed by atoms with van der Waals surface area (Å²) in [5, 5.41) is 11.9. The van der Waals surface area contributed by atoms with Crippen LogP contribution in [-0.2, 0) is 6.42 Å². The molecule has 0 saturated carbocycles. The van der Waals surface area contributed by atoms with Crippen LogP contribution in [0.4, 0.5) is 4.39 Å². The van der Waals surface area contributed by atoms with Crippen molar-refractivity contribution in [2.24, 2.45) is 0 Å². The second kappa shape index (κ2) is 5.73. The molecule has 0 amide bonds. The highest BCUT2D eigenvalue weighted by atomic mass is 19.1. The van der Waals surface area contributed by atoms with E-state index in [1.165, 1.54) is 12.1 Å². The fraction of sp³-hybridized carbons (Fsp3) is 0.455. The van der Waals surface area contributed by atoms with Gasteiger partial charge < -0.3 is 10.4 Å². The Morgan fingerprint density at radius 3 is 2.57 bits per heavy atom. The van der Waals surface area contributed by atoms with Gasteiger partial charge in [-0.2, -0.15) is 0 Å². The normalized spacial score (nSPS) is 12.8. The van der Waals surface area contributed by atoms with Crippen molar-refractivity contribution in [3.05, 3.63) is 35.6 Å². The summed E-state index contributed by atoms with van der Waals surface area (Å²) >= 11 is 0. The zero-order chi connectivity index (χ0) is 10.4. The minimum absolute atomic E-state index is 0.121. The predicted molar refractivity (Wildman–Crippen MR) is 54.7 cm³/mol. The van der Waals surface area contributed by atoms with E-state index in [1.54, 1.807) is 12.1 Å². The third-order valence-electron chi connectivity index (χ3n) is 2.09. The van der Waals surface area contributed by atoms with Gasteiger partial charge in [-0.3, -0.25) is 0 Å². The van der Waals surface area contributed by atoms with E-state index >= 15 is 0 Å². The molecule has 1 atom stereocenters. The summed E-state index contributed by atoms with van der Waals surface area (Å²) in [7, 11) is 0. The molecule has 0 fully saturated rings. The Kier molecular flexibility index (Phi) is 4.56. The van der Waals surface area contributed by atoms with Crippen LogP contribution < -0.4 is 5.32 Å². The van der Waals surface area contributed by atoms with Gasteiger partial charge >= 0.3 is 0 Å². The summed E-state index contributed by atoms with van der Waals surface area (Å²) in [5.74, 6) is -0.203. The maximum Gasteiger partial charge on any atom is 0.123 e. The number of benzene rings is 1. The quantitative estimate of drug-likeness (QED) is 0.746. The highest BCUT2D eigenvalue weighted by Crippen LogP contribution is 2.02. The third-order valence-corrected chi connectivity index (χ3v) is 2.09. The van der Waals surface area contributed by atoms with Gasteiger partial charge in [-0.1, -0.05) is 12.1 Å². The topological polar surface area (TPSA) is 32.3 Å². The Hall–Kier alpha value is -0.930. The Morgan fingerprint density at radius 2 is 2.00 bits per heavy atom. The first kappa shape index (κ1) is 11.1. The van der Waals surface area contributed by atoms with Gasteiger partial charge in [0.25, 0.3) is 0 Å². The summed E-state index contributed by atoms with van der Waals surface area (Å²) in [5.41, 5.74) is 1.10. The highest BCUT2D eigenvalue weighted by Gasteiger charge is 1.98. The monoisotopic (exact) mass is 197 g/mol. The fourth-order valence-corrected chi connectivity index (χ4v) is 1.18. The molecule has 1 aromatic carbocycles. The number of halogens is 1. The molecule has 0 heterocycles. The SMILES string of the molecule is CC(CO)NCCc1ccc(F)cc1. The van der Waals surface area contributed by atoms with Crippen molar-refractivity contribution in [2.75, 3.05) is 13.2 Å². The van der Waals surface area contributed by atoms with E-state index < -0.39 is 0 Å². The highest BCUT2D eigenvalue weighted by molar-refractivity contribution is 5.16. The molecule has 0 aliphatic heterocycles. The number of rotatable bonds is 5. The lowest BCUT2D eigenvalue weighted by molar-refractivity contribution is 0.252. The fourth-order valence-electron chi connectivity index (χ4n) is 1.18. The van der Waals surface area contributed by atoms with Gasteiger partial charge in [0.1, 0.15) is 5.82 Å². The molecule has 0 aliphatic carbocycles. The van der Waals surface area contributed by atoms with Crippen molar-refractivity contribution in [3.63, 3.8) is 0 Å². The maximum absolute atomic E-state index is 12.5. The van der Waals surface area contributed by atoms with Gasteiger partial charge in [0.2, 0.25) is 0 Å². The standard InChI is InChI=1S/C11H16FNO/c1-9(8-14)13-7-6-10-2-4-11(12)5-3-10/h2-5,9,13-14H,6-8H2,1H3. The van der Waals surface area contributed by atoms with Crippen LogP contribution in [0, 0.1) is 5.82 Å². The third kappa shape index (κ3) is 3.85. The van der Waals surface area contributed by atoms with Gasteiger partial charge in [0.15, 0.2) is 0 Å². The Labute approximate surface area is 83.8 Å². The zero-order valence-corrected chi connectivity index (χ0v) is 8.33. The lowest BCUT2D eigenvalue weighted by Crippen LogP contribution is -2.30. The summed E-state index contributed by atoms with van der Waals surface area (Å²) in [6.07, 6.45) is 0.852. The molecule has 1 rings (SSSR count). The molecule has 0 aromatic heterocycles. The van der Waals surface area contributed by atoms with Crippen LogP contribution in [0.15, 0.2) is 24.3 Å². The van der Waals surface area contributed by atoms with Crippen molar-refractivity contribution in [2.45, 2.75) is 19.4 Å². The largest absolute Gasteiger partial charge is 0.395 e. The molecule has 1 aromatic rings. The lowest BCUT2D eigenvalue weighted by atomic mass is 10.1. The van der Waals surface area contributed by atoms with Crippen LogP contribution in [0.3, 0.4) is 0 Å². The number of aliphatic hydroxyl groups excluding tert-OH is 1. The van der Waals surface area contributed by atoms with Crippen molar-refractivity contribution in [1.29, 1.82) is 0 Å². The summed E-state index contributed by atoms with van der Waals surface area (Å²) in [6.45, 7) is 2.86. The molecule has 14 heavy (non-hydrogen) atoms. The van der Waals surface area contributed by atoms with Crippen molar-refractivity contribution in [1.82, 2.24) is 5.32 Å². The summed E-state index contributed by atoms with van der Waals surface area (Å²) in [4.78, 5) is 0. The molecule has 2 N–H and O–H groups in total. The molecule has 0 spiro atoms. The maximum atomic E-state index is 12.5. The van der Waals surface area contributed by atoms with Crippen molar-refractivity contribution < 1.29 is 9.50 Å². The van der Waals surface area contributed by atoms with Gasteiger partial charge in [-0.25, -0.2) is 4.39 Å². The number of hydrogen-bond acceptors (Lipinski definition) is 2. The summed E-state index contributed by atoms with van der Waals surface area (Å²) < 4.78 is 12.5. The van der Waals surface area contributed by atoms with Crippen molar-refractivity contribution >= 4 is 0 Å². The average molecular weight is 197 g/mol. The predicted octanol–water partition coefficient (Wildman–Crippen LogP) is 1.34. The molecular weight excluding hydrogens is 181 g/mol. The molecule has 3 heteroatoms.